The molecule has 0 atom stereocenters. The number of hydrogen-bond acceptors (Lipinski definition) is 2. The van der Waals surface area contributed by atoms with Gasteiger partial charge in [0.2, 0.25) is 5.91 Å². The van der Waals surface area contributed by atoms with E-state index in [-0.39, 0.29) is 38.3 Å². The van der Waals surface area contributed by atoms with Gasteiger partial charge >= 0.3 is 6.18 Å². The number of benzene rings is 1. The molecule has 1 heterocycles. The second kappa shape index (κ2) is 6.47. The number of nitrogens with two attached hydrogens (primary N) is 1. The lowest BCUT2D eigenvalue weighted by Gasteiger charge is -2.33. The second-order valence-corrected chi connectivity index (χ2v) is 5.39. The molecule has 0 bridgehead atoms. The summed E-state index contributed by atoms with van der Waals surface area (Å²) in [5, 5.41) is 0. The Bertz CT molecular complexity index is 477. The van der Waals surface area contributed by atoms with Crippen molar-refractivity contribution in [3.05, 3.63) is 35.4 Å². The molecule has 1 aliphatic rings. The lowest BCUT2D eigenvalue weighted by atomic mass is 9.96. The molecule has 2 rings (SSSR count). The Morgan fingerprint density at radius 1 is 1.14 bits per heavy atom. The quantitative estimate of drug-likeness (QED) is 0.932. The summed E-state index contributed by atoms with van der Waals surface area (Å²) in [5.41, 5.74) is 7.34. The molecule has 0 aromatic heterocycles. The van der Waals surface area contributed by atoms with Crippen LogP contribution in [-0.2, 0) is 17.8 Å². The number of piperidine rings is 1. The lowest BCUT2D eigenvalue weighted by Crippen LogP contribution is -2.42. The zero-order valence-electron chi connectivity index (χ0n) is 11.7. The molecule has 6 heteroatoms. The Morgan fingerprint density at radius 3 is 2.14 bits per heavy atom. The minimum Gasteiger partial charge on any atom is -0.342 e. The zero-order chi connectivity index (χ0) is 15.5. The van der Waals surface area contributed by atoms with E-state index < -0.39 is 12.1 Å². The van der Waals surface area contributed by atoms with Gasteiger partial charge in [-0.05, 0) is 24.0 Å². The number of carbonyl (C=O) groups is 1. The summed E-state index contributed by atoms with van der Waals surface area (Å²) in [5.74, 6) is -1.39. The number of hydrogen-bond donors (Lipinski definition) is 1. The van der Waals surface area contributed by atoms with Gasteiger partial charge in [-0.15, -0.1) is 0 Å². The van der Waals surface area contributed by atoms with E-state index >= 15 is 0 Å². The topological polar surface area (TPSA) is 46.3 Å². The molecule has 1 aliphatic heterocycles. The van der Waals surface area contributed by atoms with Gasteiger partial charge in [0.25, 0.3) is 0 Å². The van der Waals surface area contributed by atoms with Gasteiger partial charge in [-0.2, -0.15) is 13.2 Å². The Labute approximate surface area is 121 Å². The van der Waals surface area contributed by atoms with Crippen molar-refractivity contribution in [2.75, 3.05) is 13.1 Å². The first-order chi connectivity index (χ1) is 9.90. The Morgan fingerprint density at radius 2 is 1.67 bits per heavy atom. The summed E-state index contributed by atoms with van der Waals surface area (Å²) in [6.45, 7) is 0.812. The monoisotopic (exact) mass is 300 g/mol. The van der Waals surface area contributed by atoms with E-state index in [9.17, 15) is 18.0 Å². The van der Waals surface area contributed by atoms with Crippen LogP contribution in [0, 0.1) is 5.92 Å². The van der Waals surface area contributed by atoms with Crippen LogP contribution < -0.4 is 5.73 Å². The van der Waals surface area contributed by atoms with Gasteiger partial charge in [0.15, 0.2) is 0 Å². The molecule has 0 radical (unpaired) electrons. The van der Waals surface area contributed by atoms with E-state index in [0.29, 0.717) is 6.54 Å². The van der Waals surface area contributed by atoms with Crippen LogP contribution in [0.5, 0.6) is 0 Å². The highest BCUT2D eigenvalue weighted by molar-refractivity contribution is 5.78. The van der Waals surface area contributed by atoms with Crippen LogP contribution in [0.1, 0.15) is 24.0 Å². The number of halogens is 3. The first kappa shape index (κ1) is 15.8. The molecule has 1 aromatic carbocycles. The number of nitrogens with zero attached hydrogens (tertiary/aromatic N) is 1. The van der Waals surface area contributed by atoms with Crippen LogP contribution in [0.2, 0.25) is 0 Å². The summed E-state index contributed by atoms with van der Waals surface area (Å²) in [4.78, 5) is 13.6. The second-order valence-electron chi connectivity index (χ2n) is 5.39. The third kappa shape index (κ3) is 4.20. The van der Waals surface area contributed by atoms with E-state index in [0.717, 1.165) is 11.1 Å². The summed E-state index contributed by atoms with van der Waals surface area (Å²) >= 11 is 0. The van der Waals surface area contributed by atoms with Crippen molar-refractivity contribution in [2.45, 2.75) is 32.0 Å². The number of carbonyl (C=O) groups excluding carboxylic acids is 1. The SMILES string of the molecule is NCc1ccc(CC(=O)N2CCC(C(F)(F)F)CC2)cc1. The third-order valence-corrected chi connectivity index (χ3v) is 3.92. The van der Waals surface area contributed by atoms with E-state index in [1.807, 2.05) is 24.3 Å². The standard InChI is InChI=1S/C15H19F3N2O/c16-15(17,18)13-5-7-20(8-6-13)14(21)9-11-1-3-12(10-19)4-2-11/h1-4,13H,5-10,19H2. The van der Waals surface area contributed by atoms with Gasteiger partial charge in [0, 0.05) is 19.6 Å². The van der Waals surface area contributed by atoms with Crippen molar-refractivity contribution in [1.29, 1.82) is 0 Å². The third-order valence-electron chi connectivity index (χ3n) is 3.92. The van der Waals surface area contributed by atoms with Crippen molar-refractivity contribution >= 4 is 5.91 Å². The number of alkyl halides is 3. The minimum atomic E-state index is -4.15. The van der Waals surface area contributed by atoms with Crippen LogP contribution >= 0.6 is 0 Å². The molecule has 1 amide bonds. The van der Waals surface area contributed by atoms with Gasteiger partial charge in [-0.1, -0.05) is 24.3 Å². The van der Waals surface area contributed by atoms with Crippen molar-refractivity contribution in [2.24, 2.45) is 11.7 Å². The fourth-order valence-corrected chi connectivity index (χ4v) is 2.54. The minimum absolute atomic E-state index is 0.00134. The molecule has 0 saturated carbocycles. The fraction of sp³-hybridized carbons (Fsp3) is 0.533. The van der Waals surface area contributed by atoms with E-state index in [2.05, 4.69) is 0 Å². The maximum absolute atomic E-state index is 12.6. The molecule has 0 unspecified atom stereocenters. The first-order valence-corrected chi connectivity index (χ1v) is 7.02. The number of rotatable bonds is 3. The van der Waals surface area contributed by atoms with Gasteiger partial charge < -0.3 is 10.6 Å². The van der Waals surface area contributed by atoms with Crippen molar-refractivity contribution < 1.29 is 18.0 Å². The highest BCUT2D eigenvalue weighted by Crippen LogP contribution is 2.34. The largest absolute Gasteiger partial charge is 0.391 e. The molecule has 2 N–H and O–H groups in total. The van der Waals surface area contributed by atoms with Crippen LogP contribution in [0.4, 0.5) is 13.2 Å². The Hall–Kier alpha value is -1.56. The van der Waals surface area contributed by atoms with E-state index in [1.165, 1.54) is 4.90 Å². The molecular weight excluding hydrogens is 281 g/mol. The highest BCUT2D eigenvalue weighted by atomic mass is 19.4. The van der Waals surface area contributed by atoms with Crippen LogP contribution in [0.15, 0.2) is 24.3 Å². The van der Waals surface area contributed by atoms with Gasteiger partial charge in [-0.25, -0.2) is 0 Å². The summed E-state index contributed by atoms with van der Waals surface area (Å²) in [6.07, 6.45) is -3.92. The fourth-order valence-electron chi connectivity index (χ4n) is 2.54. The Balaban J connectivity index is 1.87. The molecule has 1 saturated heterocycles. The van der Waals surface area contributed by atoms with E-state index in [1.54, 1.807) is 0 Å². The van der Waals surface area contributed by atoms with Gasteiger partial charge in [0.05, 0.1) is 12.3 Å². The molecule has 0 spiro atoms. The highest BCUT2D eigenvalue weighted by Gasteiger charge is 2.41. The average Bonchev–Trinajstić information content (AvgIpc) is 2.47. The van der Waals surface area contributed by atoms with Crippen molar-refractivity contribution in [3.63, 3.8) is 0 Å². The first-order valence-electron chi connectivity index (χ1n) is 7.02. The van der Waals surface area contributed by atoms with Crippen molar-refractivity contribution in [1.82, 2.24) is 4.90 Å². The molecule has 0 aliphatic carbocycles. The van der Waals surface area contributed by atoms with E-state index in [4.69, 9.17) is 5.73 Å². The van der Waals surface area contributed by atoms with Gasteiger partial charge in [0.1, 0.15) is 0 Å². The molecule has 1 aromatic rings. The van der Waals surface area contributed by atoms with Crippen LogP contribution in [-0.4, -0.2) is 30.1 Å². The number of amides is 1. The van der Waals surface area contributed by atoms with Crippen LogP contribution in [0.3, 0.4) is 0 Å². The lowest BCUT2D eigenvalue weighted by molar-refractivity contribution is -0.186. The summed E-state index contributed by atoms with van der Waals surface area (Å²) < 4.78 is 37.7. The molecular formula is C15H19F3N2O. The van der Waals surface area contributed by atoms with Crippen LogP contribution in [0.25, 0.3) is 0 Å². The Kier molecular flexibility index (Phi) is 4.88. The van der Waals surface area contributed by atoms with Gasteiger partial charge in [-0.3, -0.25) is 4.79 Å². The molecule has 3 nitrogen and oxygen atoms in total. The predicted molar refractivity (Wildman–Crippen MR) is 73.4 cm³/mol. The molecule has 116 valence electrons. The normalized spacial score (nSPS) is 17.0. The molecule has 21 heavy (non-hydrogen) atoms. The number of likely N-dealkylation sites (tertiary alicyclic amines) is 1. The maximum atomic E-state index is 12.6. The zero-order valence-corrected chi connectivity index (χ0v) is 11.7. The summed E-state index contributed by atoms with van der Waals surface area (Å²) in [6, 6.07) is 7.39. The van der Waals surface area contributed by atoms with Crippen molar-refractivity contribution in [3.8, 4) is 0 Å². The molecule has 1 fully saturated rings. The average molecular weight is 300 g/mol. The smallest absolute Gasteiger partial charge is 0.342 e. The summed E-state index contributed by atoms with van der Waals surface area (Å²) in [7, 11) is 0. The predicted octanol–water partition coefficient (Wildman–Crippen LogP) is 2.49. The maximum Gasteiger partial charge on any atom is 0.391 e.